The molecule has 2 aromatic heterocycles. The number of ketones is 1. The minimum Gasteiger partial charge on any atom is -0.293 e. The highest BCUT2D eigenvalue weighted by atomic mass is 32.1. The lowest BCUT2D eigenvalue weighted by Gasteiger charge is -2.06. The average molecular weight is 248 g/mol. The van der Waals surface area contributed by atoms with Gasteiger partial charge in [0.05, 0.1) is 16.8 Å². The van der Waals surface area contributed by atoms with Gasteiger partial charge in [0.15, 0.2) is 11.6 Å². The minimum atomic E-state index is -0.397. The Labute approximate surface area is 101 Å². The van der Waals surface area contributed by atoms with Crippen molar-refractivity contribution in [1.29, 1.82) is 0 Å². The summed E-state index contributed by atoms with van der Waals surface area (Å²) in [5.74, 6) is -0.268. The van der Waals surface area contributed by atoms with Crippen molar-refractivity contribution in [2.75, 3.05) is 0 Å². The highest BCUT2D eigenvalue weighted by Gasteiger charge is 2.23. The molecule has 0 atom stereocenters. The second-order valence-corrected chi connectivity index (χ2v) is 4.93. The molecule has 86 valence electrons. The zero-order valence-corrected chi connectivity index (χ0v) is 9.76. The standard InChI is InChI=1S/C12H9FN2OS/c13-8-6-14-5-4-7(8)12-15-9-2-1-3-10(16)11(9)17-12/h4-6H,1-3H2. The Morgan fingerprint density at radius 3 is 3.00 bits per heavy atom. The Hall–Kier alpha value is -1.62. The molecule has 1 aliphatic rings. The molecule has 5 heteroatoms. The van der Waals surface area contributed by atoms with E-state index in [1.54, 1.807) is 6.07 Å². The third kappa shape index (κ3) is 1.76. The predicted molar refractivity (Wildman–Crippen MR) is 62.6 cm³/mol. The number of hydrogen-bond acceptors (Lipinski definition) is 4. The van der Waals surface area contributed by atoms with Gasteiger partial charge >= 0.3 is 0 Å². The maximum absolute atomic E-state index is 13.6. The largest absolute Gasteiger partial charge is 0.293 e. The number of carbonyl (C=O) groups excluding carboxylic acids is 1. The number of Topliss-reactive ketones (excluding diaryl/α,β-unsaturated/α-hetero) is 1. The molecule has 17 heavy (non-hydrogen) atoms. The number of nitrogens with zero attached hydrogens (tertiary/aromatic N) is 2. The van der Waals surface area contributed by atoms with Gasteiger partial charge in [0.2, 0.25) is 0 Å². The first-order chi connectivity index (χ1) is 8.25. The van der Waals surface area contributed by atoms with E-state index < -0.39 is 5.82 Å². The third-order valence-electron chi connectivity index (χ3n) is 2.77. The van der Waals surface area contributed by atoms with E-state index in [9.17, 15) is 9.18 Å². The van der Waals surface area contributed by atoms with Crippen LogP contribution in [0, 0.1) is 5.82 Å². The van der Waals surface area contributed by atoms with Crippen molar-refractivity contribution in [3.8, 4) is 10.6 Å². The first-order valence-electron chi connectivity index (χ1n) is 5.38. The van der Waals surface area contributed by atoms with Crippen LogP contribution in [0.1, 0.15) is 28.2 Å². The van der Waals surface area contributed by atoms with Gasteiger partial charge in [-0.1, -0.05) is 0 Å². The van der Waals surface area contributed by atoms with E-state index in [0.29, 0.717) is 21.9 Å². The van der Waals surface area contributed by atoms with E-state index in [1.807, 2.05) is 0 Å². The highest BCUT2D eigenvalue weighted by molar-refractivity contribution is 7.17. The van der Waals surface area contributed by atoms with Crippen LogP contribution >= 0.6 is 11.3 Å². The summed E-state index contributed by atoms with van der Waals surface area (Å²) in [4.78, 5) is 20.4. The average Bonchev–Trinajstić information content (AvgIpc) is 2.75. The molecular formula is C12H9FN2OS. The summed E-state index contributed by atoms with van der Waals surface area (Å²) >= 11 is 1.28. The van der Waals surface area contributed by atoms with E-state index in [0.717, 1.165) is 24.7 Å². The van der Waals surface area contributed by atoms with Crippen LogP contribution in [0.15, 0.2) is 18.5 Å². The molecule has 0 radical (unpaired) electrons. The van der Waals surface area contributed by atoms with Crippen LogP contribution in [0.2, 0.25) is 0 Å². The molecule has 2 heterocycles. The van der Waals surface area contributed by atoms with E-state index in [1.165, 1.54) is 17.5 Å². The number of thiazole rings is 1. The minimum absolute atomic E-state index is 0.129. The molecule has 2 aromatic rings. The van der Waals surface area contributed by atoms with E-state index >= 15 is 0 Å². The van der Waals surface area contributed by atoms with Gasteiger partial charge in [-0.05, 0) is 18.9 Å². The number of aromatic nitrogens is 2. The van der Waals surface area contributed by atoms with Crippen molar-refractivity contribution in [2.45, 2.75) is 19.3 Å². The van der Waals surface area contributed by atoms with Gasteiger partial charge in [-0.2, -0.15) is 0 Å². The topological polar surface area (TPSA) is 42.9 Å². The van der Waals surface area contributed by atoms with Crippen LogP contribution in [0.25, 0.3) is 10.6 Å². The summed E-state index contributed by atoms with van der Waals surface area (Å²) in [6.07, 6.45) is 4.92. The van der Waals surface area contributed by atoms with Crippen LogP contribution in [-0.4, -0.2) is 15.8 Å². The first-order valence-corrected chi connectivity index (χ1v) is 6.20. The Morgan fingerprint density at radius 2 is 2.24 bits per heavy atom. The van der Waals surface area contributed by atoms with Gasteiger partial charge in [-0.15, -0.1) is 11.3 Å². The maximum Gasteiger partial charge on any atom is 0.174 e. The van der Waals surface area contributed by atoms with Crippen LogP contribution in [0.4, 0.5) is 4.39 Å². The van der Waals surface area contributed by atoms with Gasteiger partial charge in [0.25, 0.3) is 0 Å². The van der Waals surface area contributed by atoms with Crippen molar-refractivity contribution >= 4 is 17.1 Å². The van der Waals surface area contributed by atoms with Gasteiger partial charge in [-0.3, -0.25) is 9.78 Å². The van der Waals surface area contributed by atoms with E-state index in [4.69, 9.17) is 0 Å². The zero-order valence-electron chi connectivity index (χ0n) is 8.94. The monoisotopic (exact) mass is 248 g/mol. The fourth-order valence-corrected chi connectivity index (χ4v) is 3.04. The molecule has 0 fully saturated rings. The first kappa shape index (κ1) is 10.5. The molecule has 0 unspecified atom stereocenters. The molecule has 0 amide bonds. The highest BCUT2D eigenvalue weighted by Crippen LogP contribution is 2.33. The molecular weight excluding hydrogens is 239 g/mol. The molecule has 1 aliphatic carbocycles. The lowest BCUT2D eigenvalue weighted by Crippen LogP contribution is -2.07. The van der Waals surface area contributed by atoms with Crippen molar-refractivity contribution in [2.24, 2.45) is 0 Å². The number of halogens is 1. The number of fused-ring (bicyclic) bond motifs is 1. The number of aryl methyl sites for hydroxylation is 1. The van der Waals surface area contributed by atoms with Crippen molar-refractivity contribution in [3.05, 3.63) is 34.8 Å². The Morgan fingerprint density at radius 1 is 1.35 bits per heavy atom. The number of pyridine rings is 1. The quantitative estimate of drug-likeness (QED) is 0.779. The Bertz CT molecular complexity index is 594. The normalized spacial score (nSPS) is 14.8. The zero-order chi connectivity index (χ0) is 11.8. The predicted octanol–water partition coefficient (Wildman–Crippen LogP) is 2.86. The number of hydrogen-bond donors (Lipinski definition) is 0. The van der Waals surface area contributed by atoms with Gasteiger partial charge in [-0.25, -0.2) is 9.37 Å². The third-order valence-corrected chi connectivity index (χ3v) is 3.94. The Balaban J connectivity index is 2.11. The fraction of sp³-hybridized carbons (Fsp3) is 0.250. The molecule has 0 aliphatic heterocycles. The molecule has 0 saturated heterocycles. The van der Waals surface area contributed by atoms with Crippen molar-refractivity contribution in [1.82, 2.24) is 9.97 Å². The Kier molecular flexibility index (Phi) is 2.48. The summed E-state index contributed by atoms with van der Waals surface area (Å²) in [6.45, 7) is 0. The molecule has 3 nitrogen and oxygen atoms in total. The summed E-state index contributed by atoms with van der Waals surface area (Å²) in [5.41, 5.74) is 1.24. The SMILES string of the molecule is O=C1CCCc2nc(-c3ccncc3F)sc21. The molecule has 0 spiro atoms. The second kappa shape index (κ2) is 4.00. The lowest BCUT2D eigenvalue weighted by molar-refractivity contribution is 0.0976. The summed E-state index contributed by atoms with van der Waals surface area (Å²) in [5, 5.41) is 0.574. The van der Waals surface area contributed by atoms with Crippen molar-refractivity contribution < 1.29 is 9.18 Å². The molecule has 0 saturated carbocycles. The summed E-state index contributed by atoms with van der Waals surface area (Å²) in [7, 11) is 0. The number of rotatable bonds is 1. The smallest absolute Gasteiger partial charge is 0.174 e. The molecule has 0 bridgehead atoms. The van der Waals surface area contributed by atoms with Gasteiger partial charge in [0, 0.05) is 18.2 Å². The van der Waals surface area contributed by atoms with Crippen molar-refractivity contribution in [3.63, 3.8) is 0 Å². The molecule has 0 N–H and O–H groups in total. The summed E-state index contributed by atoms with van der Waals surface area (Å²) < 4.78 is 13.6. The van der Waals surface area contributed by atoms with Crippen LogP contribution in [0.3, 0.4) is 0 Å². The van der Waals surface area contributed by atoms with Gasteiger partial charge < -0.3 is 0 Å². The van der Waals surface area contributed by atoms with Crippen LogP contribution < -0.4 is 0 Å². The van der Waals surface area contributed by atoms with E-state index in [2.05, 4.69) is 9.97 Å². The second-order valence-electron chi connectivity index (χ2n) is 3.93. The van der Waals surface area contributed by atoms with Crippen LogP contribution in [-0.2, 0) is 6.42 Å². The lowest BCUT2D eigenvalue weighted by atomic mass is 10.0. The summed E-state index contributed by atoms with van der Waals surface area (Å²) in [6, 6.07) is 1.59. The molecule has 3 rings (SSSR count). The van der Waals surface area contributed by atoms with Crippen LogP contribution in [0.5, 0.6) is 0 Å². The number of carbonyl (C=O) groups is 1. The maximum atomic E-state index is 13.6. The van der Waals surface area contributed by atoms with E-state index in [-0.39, 0.29) is 5.78 Å². The fourth-order valence-electron chi connectivity index (χ4n) is 1.93. The van der Waals surface area contributed by atoms with Gasteiger partial charge in [0.1, 0.15) is 5.01 Å². The molecule has 0 aromatic carbocycles.